The van der Waals surface area contributed by atoms with Gasteiger partial charge in [-0.2, -0.15) is 0 Å². The first-order valence-corrected chi connectivity index (χ1v) is 8.19. The Morgan fingerprint density at radius 2 is 2.00 bits per heavy atom. The van der Waals surface area contributed by atoms with Crippen molar-refractivity contribution in [1.82, 2.24) is 5.32 Å². The van der Waals surface area contributed by atoms with Crippen LogP contribution >= 0.6 is 31.9 Å². The van der Waals surface area contributed by atoms with Crippen molar-refractivity contribution in [2.75, 3.05) is 0 Å². The van der Waals surface area contributed by atoms with E-state index in [4.69, 9.17) is 0 Å². The van der Waals surface area contributed by atoms with Crippen LogP contribution in [0.5, 0.6) is 0 Å². The molecule has 0 aromatic heterocycles. The van der Waals surface area contributed by atoms with Crippen molar-refractivity contribution in [2.45, 2.75) is 43.0 Å². The molecule has 2 nitrogen and oxygen atoms in total. The van der Waals surface area contributed by atoms with Crippen LogP contribution in [-0.4, -0.2) is 16.8 Å². The van der Waals surface area contributed by atoms with Crippen molar-refractivity contribution in [3.05, 3.63) is 34.1 Å². The average Bonchev–Trinajstić information content (AvgIpc) is 2.58. The Morgan fingerprint density at radius 3 is 2.74 bits per heavy atom. The van der Waals surface area contributed by atoms with Crippen molar-refractivity contribution < 1.29 is 9.18 Å². The number of nitrogens with one attached hydrogen (secondary N) is 1. The fourth-order valence-electron chi connectivity index (χ4n) is 2.31. The molecule has 0 aliphatic heterocycles. The summed E-state index contributed by atoms with van der Waals surface area (Å²) in [7, 11) is 0. The van der Waals surface area contributed by atoms with Crippen LogP contribution in [0.15, 0.2) is 22.7 Å². The quantitative estimate of drug-likeness (QED) is 0.586. The van der Waals surface area contributed by atoms with E-state index in [9.17, 15) is 9.18 Å². The molecule has 1 aromatic carbocycles. The molecule has 1 N–H and O–H groups in total. The molecule has 1 saturated carbocycles. The molecule has 1 aliphatic rings. The van der Waals surface area contributed by atoms with Crippen LogP contribution in [0.3, 0.4) is 0 Å². The minimum Gasteiger partial charge on any atom is -0.348 e. The molecule has 1 aliphatic carbocycles. The number of hydrogen-bond acceptors (Lipinski definition) is 1. The van der Waals surface area contributed by atoms with Crippen LogP contribution in [-0.2, 0) is 0 Å². The number of carbonyl (C=O) groups excluding carboxylic acids is 1. The number of halogens is 3. The van der Waals surface area contributed by atoms with Gasteiger partial charge in [0, 0.05) is 16.4 Å². The zero-order valence-electron chi connectivity index (χ0n) is 10.5. The lowest BCUT2D eigenvalue weighted by Crippen LogP contribution is -2.40. The Morgan fingerprint density at radius 1 is 1.26 bits per heavy atom. The van der Waals surface area contributed by atoms with Crippen LogP contribution in [0.25, 0.3) is 0 Å². The first kappa shape index (κ1) is 15.0. The highest BCUT2D eigenvalue weighted by Crippen LogP contribution is 2.24. The Bertz CT molecular complexity index is 467. The second-order valence-electron chi connectivity index (χ2n) is 4.86. The van der Waals surface area contributed by atoms with Gasteiger partial charge >= 0.3 is 0 Å². The summed E-state index contributed by atoms with van der Waals surface area (Å²) in [6, 6.07) is 4.48. The maximum Gasteiger partial charge on any atom is 0.251 e. The molecule has 5 heteroatoms. The molecule has 19 heavy (non-hydrogen) atoms. The topological polar surface area (TPSA) is 29.1 Å². The lowest BCUT2D eigenvalue weighted by atomic mass is 10.1. The van der Waals surface area contributed by atoms with E-state index in [0.717, 1.165) is 19.3 Å². The third-order valence-electron chi connectivity index (χ3n) is 3.43. The van der Waals surface area contributed by atoms with E-state index in [1.165, 1.54) is 31.0 Å². The molecular weight excluding hydrogens is 377 g/mol. The van der Waals surface area contributed by atoms with Gasteiger partial charge in [-0.15, -0.1) is 0 Å². The van der Waals surface area contributed by atoms with E-state index in [2.05, 4.69) is 37.2 Å². The van der Waals surface area contributed by atoms with Gasteiger partial charge in [-0.25, -0.2) is 4.39 Å². The van der Waals surface area contributed by atoms with Gasteiger partial charge in [-0.3, -0.25) is 4.79 Å². The summed E-state index contributed by atoms with van der Waals surface area (Å²) in [5.41, 5.74) is 0.484. The van der Waals surface area contributed by atoms with Gasteiger partial charge in [0.05, 0.1) is 4.47 Å². The highest BCUT2D eigenvalue weighted by atomic mass is 79.9. The van der Waals surface area contributed by atoms with Gasteiger partial charge in [-0.1, -0.05) is 35.2 Å². The minimum atomic E-state index is -0.357. The maximum atomic E-state index is 13.2. The van der Waals surface area contributed by atoms with Crippen molar-refractivity contribution >= 4 is 37.8 Å². The molecule has 2 unspecified atom stereocenters. The van der Waals surface area contributed by atoms with E-state index >= 15 is 0 Å². The van der Waals surface area contributed by atoms with Gasteiger partial charge in [0.2, 0.25) is 0 Å². The summed E-state index contributed by atoms with van der Waals surface area (Å²) in [4.78, 5) is 12.5. The van der Waals surface area contributed by atoms with Crippen molar-refractivity contribution in [3.63, 3.8) is 0 Å². The second kappa shape index (κ2) is 6.84. The van der Waals surface area contributed by atoms with Crippen molar-refractivity contribution in [1.29, 1.82) is 0 Å². The van der Waals surface area contributed by atoms with Crippen molar-refractivity contribution in [3.8, 4) is 0 Å². The lowest BCUT2D eigenvalue weighted by Gasteiger charge is -2.21. The average molecular weight is 393 g/mol. The normalized spacial score (nSPS) is 23.7. The molecular formula is C14H16Br2FNO. The van der Waals surface area contributed by atoms with E-state index in [1.54, 1.807) is 0 Å². The first-order valence-electron chi connectivity index (χ1n) is 6.48. The Labute approximate surface area is 129 Å². The van der Waals surface area contributed by atoms with Gasteiger partial charge in [0.15, 0.2) is 0 Å². The smallest absolute Gasteiger partial charge is 0.251 e. The molecule has 1 fully saturated rings. The second-order valence-corrected chi connectivity index (χ2v) is 6.89. The fourth-order valence-corrected chi connectivity index (χ4v) is 3.41. The van der Waals surface area contributed by atoms with Crippen LogP contribution in [0, 0.1) is 5.82 Å². The van der Waals surface area contributed by atoms with Crippen LogP contribution in [0.2, 0.25) is 0 Å². The summed E-state index contributed by atoms with van der Waals surface area (Å²) in [6.45, 7) is 0. The van der Waals surface area contributed by atoms with E-state index in [-0.39, 0.29) is 17.8 Å². The van der Waals surface area contributed by atoms with E-state index < -0.39 is 0 Å². The minimum absolute atomic E-state index is 0.142. The van der Waals surface area contributed by atoms with E-state index in [0.29, 0.717) is 14.9 Å². The van der Waals surface area contributed by atoms with Gasteiger partial charge < -0.3 is 5.32 Å². The number of benzene rings is 1. The third kappa shape index (κ3) is 4.02. The molecule has 0 spiro atoms. The molecule has 104 valence electrons. The number of rotatable bonds is 2. The van der Waals surface area contributed by atoms with E-state index in [1.807, 2.05) is 0 Å². The third-order valence-corrected chi connectivity index (χ3v) is 5.13. The van der Waals surface area contributed by atoms with Gasteiger partial charge in [0.25, 0.3) is 5.91 Å². The summed E-state index contributed by atoms with van der Waals surface area (Å²) >= 11 is 6.75. The van der Waals surface area contributed by atoms with Gasteiger partial charge in [0.1, 0.15) is 5.82 Å². The van der Waals surface area contributed by atoms with Crippen LogP contribution in [0.1, 0.15) is 42.5 Å². The lowest BCUT2D eigenvalue weighted by molar-refractivity contribution is 0.0934. The predicted octanol–water partition coefficient (Wildman–Crippen LogP) is 4.41. The Hall–Kier alpha value is -0.420. The molecule has 1 aromatic rings. The zero-order chi connectivity index (χ0) is 13.8. The number of amides is 1. The largest absolute Gasteiger partial charge is 0.348 e. The van der Waals surface area contributed by atoms with Crippen molar-refractivity contribution in [2.24, 2.45) is 0 Å². The Balaban J connectivity index is 2.05. The zero-order valence-corrected chi connectivity index (χ0v) is 13.6. The predicted molar refractivity (Wildman–Crippen MR) is 81.2 cm³/mol. The molecule has 1 amide bonds. The molecule has 0 bridgehead atoms. The standard InChI is InChI=1S/C14H16Br2FNO/c15-10-4-2-1-3-5-13(10)18-14(19)9-6-7-12(17)11(16)8-9/h6-8,10,13H,1-5H2,(H,18,19). The molecule has 0 saturated heterocycles. The molecule has 2 atom stereocenters. The Kier molecular flexibility index (Phi) is 5.39. The first-order chi connectivity index (χ1) is 9.08. The highest BCUT2D eigenvalue weighted by Gasteiger charge is 2.23. The maximum absolute atomic E-state index is 13.2. The highest BCUT2D eigenvalue weighted by molar-refractivity contribution is 9.10. The monoisotopic (exact) mass is 391 g/mol. The summed E-state index contributed by atoms with van der Waals surface area (Å²) in [6.07, 6.45) is 5.63. The molecule has 2 rings (SSSR count). The number of carbonyl (C=O) groups is 1. The van der Waals surface area contributed by atoms with Crippen LogP contribution < -0.4 is 5.32 Å². The number of hydrogen-bond donors (Lipinski definition) is 1. The molecule has 0 radical (unpaired) electrons. The summed E-state index contributed by atoms with van der Waals surface area (Å²) in [5, 5.41) is 3.04. The molecule has 0 heterocycles. The summed E-state index contributed by atoms with van der Waals surface area (Å²) in [5.74, 6) is -0.499. The fraction of sp³-hybridized carbons (Fsp3) is 0.500. The van der Waals surface area contributed by atoms with Gasteiger partial charge in [-0.05, 0) is 47.0 Å². The SMILES string of the molecule is O=C(NC1CCCCCC1Br)c1ccc(F)c(Br)c1. The summed E-state index contributed by atoms with van der Waals surface area (Å²) < 4.78 is 13.5. The number of alkyl halides is 1. The van der Waals surface area contributed by atoms with Crippen LogP contribution in [0.4, 0.5) is 4.39 Å².